The van der Waals surface area contributed by atoms with Gasteiger partial charge in [-0.15, -0.1) is 12.4 Å². The van der Waals surface area contributed by atoms with E-state index in [0.29, 0.717) is 12.8 Å². The number of nitrogens with one attached hydrogen (secondary N) is 2. The first kappa shape index (κ1) is 17.9. The Bertz CT molecular complexity index is 719. The molecule has 1 fully saturated rings. The first-order chi connectivity index (χ1) is 9.33. The fourth-order valence-electron chi connectivity index (χ4n) is 2.18. The molecule has 0 aromatic carbocycles. The summed E-state index contributed by atoms with van der Waals surface area (Å²) in [5, 5.41) is 3.13. The van der Waals surface area contributed by atoms with Crippen molar-refractivity contribution in [1.29, 1.82) is 0 Å². The number of sulfonamides is 1. The van der Waals surface area contributed by atoms with Crippen LogP contribution in [0.4, 0.5) is 0 Å². The van der Waals surface area contributed by atoms with E-state index < -0.39 is 26.2 Å². The van der Waals surface area contributed by atoms with Gasteiger partial charge in [-0.2, -0.15) is 0 Å². The third kappa shape index (κ3) is 3.73. The number of hydrogen-bond donors (Lipinski definition) is 2. The van der Waals surface area contributed by atoms with E-state index in [1.807, 2.05) is 0 Å². The number of hydrogen-bond acceptors (Lipinski definition) is 5. The van der Waals surface area contributed by atoms with Crippen LogP contribution < -0.4 is 21.3 Å². The standard InChI is InChI=1S/C11H18N4O4S.ClH/c1-14-7-9(10(16)15(2)11(14)17)20(18,19)13-8-3-5-12-6-4-8;/h7-8,12-13H,3-6H2,1-2H3;1H. The van der Waals surface area contributed by atoms with Crippen LogP contribution in [0.3, 0.4) is 0 Å². The molecule has 1 aromatic rings. The van der Waals surface area contributed by atoms with Crippen LogP contribution in [0.25, 0.3) is 0 Å². The van der Waals surface area contributed by atoms with Gasteiger partial charge in [0, 0.05) is 26.3 Å². The lowest BCUT2D eigenvalue weighted by Crippen LogP contribution is -2.46. The molecule has 21 heavy (non-hydrogen) atoms. The maximum atomic E-state index is 12.3. The lowest BCUT2D eigenvalue weighted by molar-refractivity contribution is 0.426. The van der Waals surface area contributed by atoms with Crippen molar-refractivity contribution in [2.24, 2.45) is 14.1 Å². The number of piperidine rings is 1. The molecule has 0 atom stereocenters. The first-order valence-corrected chi connectivity index (χ1v) is 7.81. The van der Waals surface area contributed by atoms with E-state index in [4.69, 9.17) is 0 Å². The van der Waals surface area contributed by atoms with Gasteiger partial charge in [0.2, 0.25) is 10.0 Å². The van der Waals surface area contributed by atoms with Crippen LogP contribution in [0.1, 0.15) is 12.8 Å². The van der Waals surface area contributed by atoms with Crippen molar-refractivity contribution in [2.45, 2.75) is 23.8 Å². The van der Waals surface area contributed by atoms with Gasteiger partial charge in [-0.1, -0.05) is 0 Å². The Morgan fingerprint density at radius 3 is 2.38 bits per heavy atom. The molecule has 120 valence electrons. The average Bonchev–Trinajstić information content (AvgIpc) is 2.41. The quantitative estimate of drug-likeness (QED) is 0.701. The second-order valence-electron chi connectivity index (χ2n) is 4.90. The molecule has 1 aliphatic rings. The Morgan fingerprint density at radius 2 is 1.81 bits per heavy atom. The Labute approximate surface area is 128 Å². The molecular formula is C11H19ClN4O4S. The van der Waals surface area contributed by atoms with Gasteiger partial charge in [0.1, 0.15) is 0 Å². The van der Waals surface area contributed by atoms with Crippen molar-refractivity contribution in [3.05, 3.63) is 27.0 Å². The maximum Gasteiger partial charge on any atom is 0.330 e. The summed E-state index contributed by atoms with van der Waals surface area (Å²) >= 11 is 0. The fraction of sp³-hybridized carbons (Fsp3) is 0.636. The van der Waals surface area contributed by atoms with Gasteiger partial charge < -0.3 is 9.88 Å². The minimum atomic E-state index is -3.92. The molecule has 0 amide bonds. The normalized spacial score (nSPS) is 16.5. The Hall–Kier alpha value is -1.16. The molecule has 2 heterocycles. The van der Waals surface area contributed by atoms with Gasteiger partial charge in [-0.3, -0.25) is 9.36 Å². The monoisotopic (exact) mass is 338 g/mol. The highest BCUT2D eigenvalue weighted by Gasteiger charge is 2.25. The molecule has 1 aliphatic heterocycles. The first-order valence-electron chi connectivity index (χ1n) is 6.32. The molecule has 1 aromatic heterocycles. The summed E-state index contributed by atoms with van der Waals surface area (Å²) in [5.74, 6) is 0. The molecule has 0 unspecified atom stereocenters. The molecule has 0 saturated carbocycles. The summed E-state index contributed by atoms with van der Waals surface area (Å²) in [6, 6.07) is -0.191. The molecular weight excluding hydrogens is 320 g/mol. The highest BCUT2D eigenvalue weighted by Crippen LogP contribution is 2.07. The fourth-order valence-corrected chi connectivity index (χ4v) is 3.65. The van der Waals surface area contributed by atoms with E-state index in [-0.39, 0.29) is 18.4 Å². The Kier molecular flexibility index (Phi) is 5.74. The van der Waals surface area contributed by atoms with Crippen molar-refractivity contribution in [2.75, 3.05) is 13.1 Å². The smallest absolute Gasteiger partial charge is 0.317 e. The topological polar surface area (TPSA) is 102 Å². The second-order valence-corrected chi connectivity index (χ2v) is 6.58. The van der Waals surface area contributed by atoms with E-state index in [1.54, 1.807) is 0 Å². The van der Waals surface area contributed by atoms with Crippen LogP contribution >= 0.6 is 12.4 Å². The second kappa shape index (κ2) is 6.73. The van der Waals surface area contributed by atoms with Crippen LogP contribution in [0, 0.1) is 0 Å². The highest BCUT2D eigenvalue weighted by atomic mass is 35.5. The zero-order valence-electron chi connectivity index (χ0n) is 11.8. The summed E-state index contributed by atoms with van der Waals surface area (Å²) in [4.78, 5) is 23.1. The summed E-state index contributed by atoms with van der Waals surface area (Å²) in [6.07, 6.45) is 2.41. The lowest BCUT2D eigenvalue weighted by Gasteiger charge is -2.23. The molecule has 2 N–H and O–H groups in total. The summed E-state index contributed by atoms with van der Waals surface area (Å²) in [5.41, 5.74) is -1.37. The minimum Gasteiger partial charge on any atom is -0.317 e. The number of nitrogens with zero attached hydrogens (tertiary/aromatic N) is 2. The Balaban J connectivity index is 0.00000220. The Morgan fingerprint density at radius 1 is 1.24 bits per heavy atom. The van der Waals surface area contributed by atoms with Gasteiger partial charge in [0.05, 0.1) is 0 Å². The number of aryl methyl sites for hydroxylation is 1. The zero-order valence-corrected chi connectivity index (χ0v) is 13.5. The summed E-state index contributed by atoms with van der Waals surface area (Å²) in [6.45, 7) is 1.47. The van der Waals surface area contributed by atoms with E-state index in [1.165, 1.54) is 14.1 Å². The zero-order chi connectivity index (χ0) is 14.9. The third-order valence-corrected chi connectivity index (χ3v) is 4.87. The molecule has 0 bridgehead atoms. The van der Waals surface area contributed by atoms with Crippen molar-refractivity contribution in [1.82, 2.24) is 19.2 Å². The molecule has 10 heteroatoms. The summed E-state index contributed by atoms with van der Waals surface area (Å²) < 4.78 is 29.0. The van der Waals surface area contributed by atoms with Crippen LogP contribution in [0.15, 0.2) is 20.7 Å². The molecule has 1 saturated heterocycles. The molecule has 8 nitrogen and oxygen atoms in total. The molecule has 0 aliphatic carbocycles. The predicted octanol–water partition coefficient (Wildman–Crippen LogP) is -1.46. The average molecular weight is 339 g/mol. The van der Waals surface area contributed by atoms with Crippen molar-refractivity contribution in [3.63, 3.8) is 0 Å². The van der Waals surface area contributed by atoms with Crippen LogP contribution in [-0.2, 0) is 24.1 Å². The molecule has 0 spiro atoms. The van der Waals surface area contributed by atoms with Crippen LogP contribution in [0.2, 0.25) is 0 Å². The van der Waals surface area contributed by atoms with Crippen LogP contribution in [0.5, 0.6) is 0 Å². The minimum absolute atomic E-state index is 0. The van der Waals surface area contributed by atoms with E-state index in [9.17, 15) is 18.0 Å². The van der Waals surface area contributed by atoms with Crippen molar-refractivity contribution < 1.29 is 8.42 Å². The number of aromatic nitrogens is 2. The van der Waals surface area contributed by atoms with E-state index in [0.717, 1.165) is 28.4 Å². The van der Waals surface area contributed by atoms with Gasteiger partial charge in [-0.25, -0.2) is 17.9 Å². The van der Waals surface area contributed by atoms with E-state index in [2.05, 4.69) is 10.0 Å². The van der Waals surface area contributed by atoms with Crippen LogP contribution in [-0.4, -0.2) is 36.7 Å². The largest absolute Gasteiger partial charge is 0.330 e. The van der Waals surface area contributed by atoms with Gasteiger partial charge in [0.15, 0.2) is 4.90 Å². The van der Waals surface area contributed by atoms with Gasteiger partial charge in [-0.05, 0) is 25.9 Å². The highest BCUT2D eigenvalue weighted by molar-refractivity contribution is 7.89. The number of halogens is 1. The predicted molar refractivity (Wildman–Crippen MR) is 80.4 cm³/mol. The number of rotatable bonds is 3. The third-order valence-electron chi connectivity index (χ3n) is 3.37. The maximum absolute atomic E-state index is 12.3. The molecule has 2 rings (SSSR count). The van der Waals surface area contributed by atoms with E-state index >= 15 is 0 Å². The van der Waals surface area contributed by atoms with Crippen molar-refractivity contribution >= 4 is 22.4 Å². The summed E-state index contributed by atoms with van der Waals surface area (Å²) in [7, 11) is -1.26. The lowest BCUT2D eigenvalue weighted by atomic mass is 10.1. The van der Waals surface area contributed by atoms with Gasteiger partial charge in [0.25, 0.3) is 5.56 Å². The SMILES string of the molecule is Cl.Cn1cc(S(=O)(=O)NC2CCNCC2)c(=O)n(C)c1=O. The van der Waals surface area contributed by atoms with Gasteiger partial charge >= 0.3 is 5.69 Å². The molecule has 0 radical (unpaired) electrons. The van der Waals surface area contributed by atoms with Crippen molar-refractivity contribution in [3.8, 4) is 0 Å².